The quantitative estimate of drug-likeness (QED) is 0.920. The van der Waals surface area contributed by atoms with Crippen LogP contribution in [0.25, 0.3) is 0 Å². The van der Waals surface area contributed by atoms with Crippen LogP contribution in [0.15, 0.2) is 18.2 Å². The normalized spacial score (nSPS) is 26.7. The third-order valence-electron chi connectivity index (χ3n) is 5.00. The third-order valence-corrected chi connectivity index (χ3v) is 5.00. The topological polar surface area (TPSA) is 24.5 Å². The van der Waals surface area contributed by atoms with E-state index in [1.54, 1.807) is 0 Å². The Hall–Kier alpha value is -1.06. The summed E-state index contributed by atoms with van der Waals surface area (Å²) in [5, 5.41) is 3.33. The Kier molecular flexibility index (Phi) is 4.51. The van der Waals surface area contributed by atoms with Crippen LogP contribution in [-0.4, -0.2) is 32.3 Å². The van der Waals surface area contributed by atoms with E-state index in [1.165, 1.54) is 49.0 Å². The summed E-state index contributed by atoms with van der Waals surface area (Å²) in [4.78, 5) is 2.54. The molecule has 0 aliphatic carbocycles. The number of ether oxygens (including phenoxy) is 1. The van der Waals surface area contributed by atoms with Gasteiger partial charge in [-0.3, -0.25) is 0 Å². The highest BCUT2D eigenvalue weighted by molar-refractivity contribution is 5.57. The predicted molar refractivity (Wildman–Crippen MR) is 88.0 cm³/mol. The number of nitrogens with zero attached hydrogens (tertiary/aromatic N) is 1. The van der Waals surface area contributed by atoms with Crippen molar-refractivity contribution in [2.45, 2.75) is 57.8 Å². The molecular weight excluding hydrogens is 260 g/mol. The summed E-state index contributed by atoms with van der Waals surface area (Å²) < 4.78 is 6.01. The van der Waals surface area contributed by atoms with Crippen molar-refractivity contribution in [3.05, 3.63) is 29.3 Å². The van der Waals surface area contributed by atoms with E-state index in [0.717, 1.165) is 6.54 Å². The maximum absolute atomic E-state index is 6.01. The van der Waals surface area contributed by atoms with Gasteiger partial charge in [-0.15, -0.1) is 0 Å². The molecule has 21 heavy (non-hydrogen) atoms. The first-order valence-corrected chi connectivity index (χ1v) is 8.38. The number of rotatable bonds is 4. The van der Waals surface area contributed by atoms with Gasteiger partial charge in [0.05, 0.1) is 12.2 Å². The lowest BCUT2D eigenvalue weighted by Crippen LogP contribution is -2.36. The smallest absolute Gasteiger partial charge is 0.0754 e. The summed E-state index contributed by atoms with van der Waals surface area (Å²) >= 11 is 0. The molecule has 3 atom stereocenters. The lowest BCUT2D eigenvalue weighted by Gasteiger charge is -2.33. The predicted octanol–water partition coefficient (Wildman–Crippen LogP) is 3.29. The summed E-state index contributed by atoms with van der Waals surface area (Å²) in [6, 6.07) is 7.40. The van der Waals surface area contributed by atoms with Crippen LogP contribution in [0.2, 0.25) is 0 Å². The molecule has 2 heterocycles. The summed E-state index contributed by atoms with van der Waals surface area (Å²) in [7, 11) is 2.02. The highest BCUT2D eigenvalue weighted by atomic mass is 16.5. The minimum absolute atomic E-state index is 0.418. The molecule has 0 saturated carbocycles. The summed E-state index contributed by atoms with van der Waals surface area (Å²) in [5.41, 5.74) is 4.33. The third kappa shape index (κ3) is 3.24. The van der Waals surface area contributed by atoms with Crippen LogP contribution in [0.3, 0.4) is 0 Å². The van der Waals surface area contributed by atoms with Crippen molar-refractivity contribution in [3.8, 4) is 0 Å². The van der Waals surface area contributed by atoms with Gasteiger partial charge in [0.1, 0.15) is 0 Å². The molecule has 3 unspecified atom stereocenters. The largest absolute Gasteiger partial charge is 0.373 e. The van der Waals surface area contributed by atoms with Gasteiger partial charge in [-0.25, -0.2) is 0 Å². The molecule has 1 aromatic rings. The first-order valence-electron chi connectivity index (χ1n) is 8.38. The number of aryl methyl sites for hydroxylation is 1. The fraction of sp³-hybridized carbons (Fsp3) is 0.667. The highest BCUT2D eigenvalue weighted by Crippen LogP contribution is 2.31. The van der Waals surface area contributed by atoms with Gasteiger partial charge in [0, 0.05) is 24.8 Å². The Balaban J connectivity index is 1.75. The highest BCUT2D eigenvalue weighted by Gasteiger charge is 2.26. The molecule has 1 N–H and O–H groups in total. The molecule has 3 rings (SSSR count). The molecule has 1 aromatic carbocycles. The van der Waals surface area contributed by atoms with Crippen molar-refractivity contribution in [1.82, 2.24) is 5.32 Å². The standard InChI is InChI=1S/C18H28N2O/c1-13-6-8-17(21-13)12-20-10-4-5-16-11-15(14(2)19-3)7-9-18(16)20/h7,9,11,13-14,17,19H,4-6,8,10,12H2,1-3H3. The number of nitrogens with one attached hydrogen (secondary N) is 1. The fourth-order valence-electron chi connectivity index (χ4n) is 3.59. The van der Waals surface area contributed by atoms with Gasteiger partial charge in [0.25, 0.3) is 0 Å². The Morgan fingerprint density at radius 1 is 1.38 bits per heavy atom. The number of hydrogen-bond donors (Lipinski definition) is 1. The molecule has 3 heteroatoms. The summed E-state index contributed by atoms with van der Waals surface area (Å²) in [5.74, 6) is 0. The van der Waals surface area contributed by atoms with Crippen LogP contribution in [-0.2, 0) is 11.2 Å². The maximum Gasteiger partial charge on any atom is 0.0754 e. The molecule has 0 aromatic heterocycles. The first-order chi connectivity index (χ1) is 10.2. The molecule has 0 bridgehead atoms. The van der Waals surface area contributed by atoms with Gasteiger partial charge >= 0.3 is 0 Å². The molecule has 2 aliphatic heterocycles. The fourth-order valence-corrected chi connectivity index (χ4v) is 3.59. The SMILES string of the molecule is CNC(C)c1ccc2c(c1)CCCN2CC1CCC(C)O1. The zero-order valence-corrected chi connectivity index (χ0v) is 13.6. The first kappa shape index (κ1) is 14.9. The van der Waals surface area contributed by atoms with Crippen LogP contribution < -0.4 is 10.2 Å². The molecule has 1 saturated heterocycles. The molecule has 1 fully saturated rings. The van der Waals surface area contributed by atoms with Crippen molar-refractivity contribution in [2.24, 2.45) is 0 Å². The maximum atomic E-state index is 6.01. The van der Waals surface area contributed by atoms with Crippen molar-refractivity contribution in [3.63, 3.8) is 0 Å². The monoisotopic (exact) mass is 288 g/mol. The average molecular weight is 288 g/mol. The van der Waals surface area contributed by atoms with E-state index in [1.807, 2.05) is 7.05 Å². The minimum atomic E-state index is 0.418. The Morgan fingerprint density at radius 3 is 2.95 bits per heavy atom. The zero-order chi connectivity index (χ0) is 14.8. The minimum Gasteiger partial charge on any atom is -0.373 e. The van der Waals surface area contributed by atoms with Crippen molar-refractivity contribution < 1.29 is 4.74 Å². The van der Waals surface area contributed by atoms with E-state index < -0.39 is 0 Å². The van der Waals surface area contributed by atoms with Crippen LogP contribution in [0.1, 0.15) is 50.3 Å². The molecular formula is C18H28N2O. The summed E-state index contributed by atoms with van der Waals surface area (Å²) in [6.07, 6.45) is 5.75. The van der Waals surface area contributed by atoms with Gasteiger partial charge < -0.3 is 15.0 Å². The molecule has 2 aliphatic rings. The Bertz CT molecular complexity index is 488. The summed E-state index contributed by atoms with van der Waals surface area (Å²) in [6.45, 7) is 6.63. The van der Waals surface area contributed by atoms with Crippen molar-refractivity contribution >= 4 is 5.69 Å². The lowest BCUT2D eigenvalue weighted by molar-refractivity contribution is 0.0598. The van der Waals surface area contributed by atoms with Gasteiger partial charge in [-0.2, -0.15) is 0 Å². The second-order valence-corrected chi connectivity index (χ2v) is 6.59. The van der Waals surface area contributed by atoms with Gasteiger partial charge in [0.15, 0.2) is 0 Å². The second kappa shape index (κ2) is 6.37. The van der Waals surface area contributed by atoms with Crippen LogP contribution >= 0.6 is 0 Å². The van der Waals surface area contributed by atoms with Gasteiger partial charge in [-0.05, 0) is 63.8 Å². The Labute approximate surface area is 128 Å². The number of hydrogen-bond acceptors (Lipinski definition) is 3. The molecule has 0 spiro atoms. The van der Waals surface area contributed by atoms with E-state index in [-0.39, 0.29) is 0 Å². The Morgan fingerprint density at radius 2 is 2.24 bits per heavy atom. The number of fused-ring (bicyclic) bond motifs is 1. The number of benzene rings is 1. The van der Waals surface area contributed by atoms with E-state index >= 15 is 0 Å². The lowest BCUT2D eigenvalue weighted by atomic mass is 9.96. The van der Waals surface area contributed by atoms with Gasteiger partial charge in [-0.1, -0.05) is 12.1 Å². The van der Waals surface area contributed by atoms with Gasteiger partial charge in [0.2, 0.25) is 0 Å². The molecule has 116 valence electrons. The molecule has 3 nitrogen and oxygen atoms in total. The van der Waals surface area contributed by atoms with Crippen LogP contribution in [0.5, 0.6) is 0 Å². The number of anilines is 1. The van der Waals surface area contributed by atoms with E-state index in [4.69, 9.17) is 4.74 Å². The second-order valence-electron chi connectivity index (χ2n) is 6.59. The van der Waals surface area contributed by atoms with Crippen LogP contribution in [0.4, 0.5) is 5.69 Å². The van der Waals surface area contributed by atoms with Crippen LogP contribution in [0, 0.1) is 0 Å². The zero-order valence-electron chi connectivity index (χ0n) is 13.6. The molecule has 0 amide bonds. The van der Waals surface area contributed by atoms with Crippen molar-refractivity contribution in [2.75, 3.05) is 25.0 Å². The van der Waals surface area contributed by atoms with Crippen molar-refractivity contribution in [1.29, 1.82) is 0 Å². The average Bonchev–Trinajstić information content (AvgIpc) is 2.91. The van der Waals surface area contributed by atoms with E-state index in [0.29, 0.717) is 18.2 Å². The van der Waals surface area contributed by atoms with E-state index in [9.17, 15) is 0 Å². The molecule has 0 radical (unpaired) electrons. The van der Waals surface area contributed by atoms with E-state index in [2.05, 4.69) is 42.3 Å².